The number of carbonyl (C=O) groups excluding carboxylic acids is 2. The largest absolute Gasteiger partial charge is 0.325 e. The average Bonchev–Trinajstić information content (AvgIpc) is 3.22. The molecular weight excluding hydrogens is 336 g/mol. The van der Waals surface area contributed by atoms with Crippen LogP contribution in [0.15, 0.2) is 54.9 Å². The van der Waals surface area contributed by atoms with Gasteiger partial charge in [0.25, 0.3) is 0 Å². The summed E-state index contributed by atoms with van der Waals surface area (Å²) in [6, 6.07) is 15.5. The van der Waals surface area contributed by atoms with Crippen LogP contribution in [-0.2, 0) is 9.59 Å². The normalized spacial score (nSPS) is 14.2. The van der Waals surface area contributed by atoms with Crippen LogP contribution in [0.5, 0.6) is 0 Å². The lowest BCUT2D eigenvalue weighted by Crippen LogP contribution is -2.34. The minimum absolute atomic E-state index is 0.0162. The van der Waals surface area contributed by atoms with Gasteiger partial charge in [-0.25, -0.2) is 4.98 Å². The summed E-state index contributed by atoms with van der Waals surface area (Å²) in [7, 11) is 0. The Morgan fingerprint density at radius 1 is 1.16 bits per heavy atom. The van der Waals surface area contributed by atoms with E-state index in [0.29, 0.717) is 17.3 Å². The molecule has 1 saturated heterocycles. The van der Waals surface area contributed by atoms with E-state index < -0.39 is 0 Å². The summed E-state index contributed by atoms with van der Waals surface area (Å²) in [6.07, 6.45) is 1.79. The van der Waals surface area contributed by atoms with Crippen molar-refractivity contribution in [2.24, 2.45) is 0 Å². The van der Waals surface area contributed by atoms with Gasteiger partial charge in [0.15, 0.2) is 0 Å². The number of aromatic nitrogens is 2. The molecule has 4 rings (SSSR count). The van der Waals surface area contributed by atoms with E-state index in [4.69, 9.17) is 0 Å². The quantitative estimate of drug-likeness (QED) is 0.783. The maximum Gasteiger partial charge on any atom is 0.244 e. The van der Waals surface area contributed by atoms with E-state index in [9.17, 15) is 9.59 Å². The SMILES string of the molecule is O=C(CN1CSCC1=O)Nc1ccc(-n2cnc3ccccc32)cc1. The number of para-hydroxylation sites is 2. The Morgan fingerprint density at radius 2 is 1.96 bits per heavy atom. The van der Waals surface area contributed by atoms with Crippen molar-refractivity contribution in [2.75, 3.05) is 23.5 Å². The molecule has 1 fully saturated rings. The van der Waals surface area contributed by atoms with Gasteiger partial charge in [-0.15, -0.1) is 11.8 Å². The van der Waals surface area contributed by atoms with Gasteiger partial charge in [-0.05, 0) is 36.4 Å². The molecular formula is C18H16N4O2S. The number of nitrogens with one attached hydrogen (secondary N) is 1. The van der Waals surface area contributed by atoms with Gasteiger partial charge in [0, 0.05) is 11.4 Å². The second-order valence-corrected chi connectivity index (χ2v) is 6.72. The van der Waals surface area contributed by atoms with Crippen LogP contribution in [0.4, 0.5) is 5.69 Å². The number of benzene rings is 2. The predicted octanol–water partition coefficient (Wildman–Crippen LogP) is 2.50. The van der Waals surface area contributed by atoms with Gasteiger partial charge in [0.2, 0.25) is 11.8 Å². The third-order valence-corrected chi connectivity index (χ3v) is 4.99. The Labute approximate surface area is 148 Å². The molecule has 1 aromatic heterocycles. The van der Waals surface area contributed by atoms with E-state index in [2.05, 4.69) is 10.3 Å². The molecule has 1 aliphatic rings. The number of rotatable bonds is 4. The number of nitrogens with zero attached hydrogens (tertiary/aromatic N) is 3. The summed E-state index contributed by atoms with van der Waals surface area (Å²) < 4.78 is 2.00. The lowest BCUT2D eigenvalue weighted by molar-refractivity contribution is -0.130. The predicted molar refractivity (Wildman–Crippen MR) is 98.7 cm³/mol. The molecule has 1 N–H and O–H groups in total. The monoisotopic (exact) mass is 352 g/mol. The summed E-state index contributed by atoms with van der Waals surface area (Å²) in [6.45, 7) is 0.0970. The number of amides is 2. The van der Waals surface area contributed by atoms with E-state index >= 15 is 0 Å². The summed E-state index contributed by atoms with van der Waals surface area (Å²) in [4.78, 5) is 29.6. The van der Waals surface area contributed by atoms with Crippen LogP contribution < -0.4 is 5.32 Å². The molecule has 3 aromatic rings. The zero-order valence-electron chi connectivity index (χ0n) is 13.4. The standard InChI is InChI=1S/C18H16N4O2S/c23-17(9-21-12-25-10-18(21)24)20-13-5-7-14(8-6-13)22-11-19-15-3-1-2-4-16(15)22/h1-8,11H,9-10,12H2,(H,20,23). The van der Waals surface area contributed by atoms with E-state index in [1.807, 2.05) is 53.1 Å². The minimum atomic E-state index is -0.184. The number of carbonyl (C=O) groups is 2. The maximum atomic E-state index is 12.1. The van der Waals surface area contributed by atoms with Gasteiger partial charge in [-0.3, -0.25) is 14.2 Å². The van der Waals surface area contributed by atoms with Gasteiger partial charge in [0.05, 0.1) is 22.7 Å². The summed E-state index contributed by atoms with van der Waals surface area (Å²) >= 11 is 1.53. The van der Waals surface area contributed by atoms with Crippen LogP contribution in [0.3, 0.4) is 0 Å². The van der Waals surface area contributed by atoms with E-state index in [1.54, 1.807) is 11.2 Å². The van der Waals surface area contributed by atoms with Crippen LogP contribution in [0, 0.1) is 0 Å². The molecule has 0 radical (unpaired) electrons. The molecule has 2 aromatic carbocycles. The van der Waals surface area contributed by atoms with Crippen molar-refractivity contribution in [3.05, 3.63) is 54.9 Å². The number of fused-ring (bicyclic) bond motifs is 1. The molecule has 6 nitrogen and oxygen atoms in total. The topological polar surface area (TPSA) is 67.2 Å². The Bertz CT molecular complexity index is 936. The second kappa shape index (κ2) is 6.60. The fourth-order valence-corrected chi connectivity index (χ4v) is 3.69. The van der Waals surface area contributed by atoms with Crippen molar-refractivity contribution in [3.8, 4) is 5.69 Å². The molecule has 0 spiro atoms. The lowest BCUT2D eigenvalue weighted by atomic mass is 10.2. The fraction of sp³-hybridized carbons (Fsp3) is 0.167. The van der Waals surface area contributed by atoms with E-state index in [-0.39, 0.29) is 18.4 Å². The van der Waals surface area contributed by atoms with Crippen LogP contribution in [0.2, 0.25) is 0 Å². The van der Waals surface area contributed by atoms with E-state index in [0.717, 1.165) is 16.7 Å². The molecule has 0 saturated carbocycles. The Morgan fingerprint density at radius 3 is 2.72 bits per heavy atom. The molecule has 2 amide bonds. The zero-order valence-corrected chi connectivity index (χ0v) is 14.2. The Hall–Kier alpha value is -2.80. The van der Waals surface area contributed by atoms with Crippen LogP contribution >= 0.6 is 11.8 Å². The van der Waals surface area contributed by atoms with E-state index in [1.165, 1.54) is 11.8 Å². The van der Waals surface area contributed by atoms with Crippen LogP contribution in [0.1, 0.15) is 0 Å². The van der Waals surface area contributed by atoms with Crippen molar-refractivity contribution >= 4 is 40.3 Å². The molecule has 0 unspecified atom stereocenters. The zero-order chi connectivity index (χ0) is 17.2. The molecule has 2 heterocycles. The molecule has 1 aliphatic heterocycles. The second-order valence-electron chi connectivity index (χ2n) is 5.77. The summed E-state index contributed by atoms with van der Waals surface area (Å²) in [5, 5.41) is 2.83. The average molecular weight is 352 g/mol. The minimum Gasteiger partial charge on any atom is -0.325 e. The van der Waals surface area contributed by atoms with Crippen molar-refractivity contribution in [2.45, 2.75) is 0 Å². The third-order valence-electron chi connectivity index (χ3n) is 4.04. The van der Waals surface area contributed by atoms with Crippen molar-refractivity contribution < 1.29 is 9.59 Å². The Kier molecular flexibility index (Phi) is 4.15. The number of imidazole rings is 1. The highest BCUT2D eigenvalue weighted by atomic mass is 32.2. The van der Waals surface area contributed by atoms with Gasteiger partial charge in [0.1, 0.15) is 12.9 Å². The fourth-order valence-electron chi connectivity index (χ4n) is 2.78. The molecule has 7 heteroatoms. The number of anilines is 1. The first-order chi connectivity index (χ1) is 12.2. The smallest absolute Gasteiger partial charge is 0.244 e. The summed E-state index contributed by atoms with van der Waals surface area (Å²) in [5.41, 5.74) is 3.65. The third kappa shape index (κ3) is 3.23. The van der Waals surface area contributed by atoms with Gasteiger partial charge in [-0.2, -0.15) is 0 Å². The lowest BCUT2D eigenvalue weighted by Gasteiger charge is -2.14. The van der Waals surface area contributed by atoms with Gasteiger partial charge >= 0.3 is 0 Å². The van der Waals surface area contributed by atoms with Crippen molar-refractivity contribution in [1.82, 2.24) is 14.5 Å². The molecule has 0 atom stereocenters. The maximum absolute atomic E-state index is 12.1. The highest BCUT2D eigenvalue weighted by molar-refractivity contribution is 8.00. The first-order valence-electron chi connectivity index (χ1n) is 7.88. The molecule has 126 valence electrons. The highest BCUT2D eigenvalue weighted by Gasteiger charge is 2.22. The van der Waals surface area contributed by atoms with Gasteiger partial charge < -0.3 is 10.2 Å². The molecule has 0 aliphatic carbocycles. The first kappa shape index (κ1) is 15.7. The summed E-state index contributed by atoms with van der Waals surface area (Å²) in [5.74, 6) is 0.874. The first-order valence-corrected chi connectivity index (χ1v) is 9.04. The number of hydrogen-bond donors (Lipinski definition) is 1. The van der Waals surface area contributed by atoms with Crippen LogP contribution in [-0.4, -0.2) is 44.4 Å². The number of hydrogen-bond acceptors (Lipinski definition) is 4. The van der Waals surface area contributed by atoms with Crippen molar-refractivity contribution in [3.63, 3.8) is 0 Å². The van der Waals surface area contributed by atoms with Gasteiger partial charge in [-0.1, -0.05) is 12.1 Å². The Balaban J connectivity index is 1.47. The molecule has 0 bridgehead atoms. The molecule has 25 heavy (non-hydrogen) atoms. The van der Waals surface area contributed by atoms with Crippen molar-refractivity contribution in [1.29, 1.82) is 0 Å². The number of thioether (sulfide) groups is 1. The van der Waals surface area contributed by atoms with Crippen LogP contribution in [0.25, 0.3) is 16.7 Å². The highest BCUT2D eigenvalue weighted by Crippen LogP contribution is 2.20.